The van der Waals surface area contributed by atoms with Gasteiger partial charge in [-0.1, -0.05) is 25.5 Å². The summed E-state index contributed by atoms with van der Waals surface area (Å²) in [5.74, 6) is -0.503. The molecule has 0 bridgehead atoms. The van der Waals surface area contributed by atoms with E-state index in [2.05, 4.69) is 27.3 Å². The largest absolute Gasteiger partial charge is 0.378 e. The van der Waals surface area contributed by atoms with E-state index in [9.17, 15) is 9.18 Å². The Hall–Kier alpha value is -2.32. The van der Waals surface area contributed by atoms with Crippen molar-refractivity contribution >= 4 is 28.1 Å². The van der Waals surface area contributed by atoms with Crippen molar-refractivity contribution in [3.05, 3.63) is 46.7 Å². The summed E-state index contributed by atoms with van der Waals surface area (Å²) in [5.41, 5.74) is 4.93. The molecule has 1 fully saturated rings. The van der Waals surface area contributed by atoms with Crippen LogP contribution in [0.15, 0.2) is 34.7 Å². The van der Waals surface area contributed by atoms with Crippen molar-refractivity contribution in [2.45, 2.75) is 32.6 Å². The number of anilines is 1. The monoisotopic (exact) mass is 404 g/mol. The van der Waals surface area contributed by atoms with Crippen molar-refractivity contribution in [2.75, 3.05) is 31.2 Å². The molecule has 2 aromatic rings. The van der Waals surface area contributed by atoms with Crippen LogP contribution in [0.3, 0.4) is 0 Å². The fourth-order valence-electron chi connectivity index (χ4n) is 2.86. The summed E-state index contributed by atoms with van der Waals surface area (Å²) in [6.45, 7) is 5.14. The van der Waals surface area contributed by atoms with Crippen molar-refractivity contribution in [1.82, 2.24) is 10.4 Å². The average molecular weight is 405 g/mol. The highest BCUT2D eigenvalue weighted by Gasteiger charge is 2.16. The van der Waals surface area contributed by atoms with Crippen LogP contribution in [0.1, 0.15) is 37.4 Å². The quantitative estimate of drug-likeness (QED) is 0.541. The van der Waals surface area contributed by atoms with Gasteiger partial charge >= 0.3 is 0 Å². The molecule has 0 atom stereocenters. The number of hydrogen-bond acceptors (Lipinski definition) is 6. The molecule has 1 saturated heterocycles. The molecule has 8 heteroatoms. The summed E-state index contributed by atoms with van der Waals surface area (Å²) in [4.78, 5) is 19.0. The van der Waals surface area contributed by atoms with Crippen LogP contribution in [0.4, 0.5) is 9.52 Å². The smallest absolute Gasteiger partial charge is 0.246 e. The van der Waals surface area contributed by atoms with Gasteiger partial charge in [-0.15, -0.1) is 11.3 Å². The predicted molar refractivity (Wildman–Crippen MR) is 109 cm³/mol. The van der Waals surface area contributed by atoms with Crippen LogP contribution in [-0.4, -0.2) is 42.9 Å². The Balaban J connectivity index is 1.60. The molecule has 1 aromatic heterocycles. The van der Waals surface area contributed by atoms with Crippen LogP contribution in [0.25, 0.3) is 0 Å². The number of aromatic nitrogens is 1. The number of halogens is 1. The summed E-state index contributed by atoms with van der Waals surface area (Å²) in [6, 6.07) is 6.18. The standard InChI is InChI=1S/C20H25FN4O2S/c1-2-3-4-18(15-5-7-16(21)8-6-15)23-24-19(26)13-17-14-28-20(22-17)25-9-11-27-12-10-25/h5-8,14H,2-4,9-13H2,1H3,(H,24,26)/b23-18-. The lowest BCUT2D eigenvalue weighted by Crippen LogP contribution is -2.36. The number of rotatable bonds is 8. The number of carbonyl (C=O) groups is 1. The molecule has 150 valence electrons. The topological polar surface area (TPSA) is 66.8 Å². The molecule has 3 rings (SSSR count). The maximum absolute atomic E-state index is 13.2. The molecule has 1 aromatic carbocycles. The van der Waals surface area contributed by atoms with Crippen molar-refractivity contribution in [3.63, 3.8) is 0 Å². The van der Waals surface area contributed by atoms with Gasteiger partial charge in [0.25, 0.3) is 0 Å². The van der Waals surface area contributed by atoms with E-state index in [1.807, 2.05) is 5.38 Å². The molecule has 1 amide bonds. The summed E-state index contributed by atoms with van der Waals surface area (Å²) in [6.07, 6.45) is 2.85. The van der Waals surface area contributed by atoms with Crippen LogP contribution < -0.4 is 10.3 Å². The van der Waals surface area contributed by atoms with Crippen LogP contribution in [-0.2, 0) is 16.0 Å². The molecular weight excluding hydrogens is 379 g/mol. The van der Waals surface area contributed by atoms with Crippen LogP contribution in [0.2, 0.25) is 0 Å². The maximum atomic E-state index is 13.2. The zero-order valence-corrected chi connectivity index (χ0v) is 16.8. The third-order valence-corrected chi connectivity index (χ3v) is 5.37. The Morgan fingerprint density at radius 2 is 2.07 bits per heavy atom. The molecular formula is C20H25FN4O2S. The second-order valence-electron chi connectivity index (χ2n) is 6.60. The number of nitrogens with zero attached hydrogens (tertiary/aromatic N) is 3. The first kappa shape index (κ1) is 20.4. The molecule has 2 heterocycles. The average Bonchev–Trinajstić information content (AvgIpc) is 3.18. The zero-order chi connectivity index (χ0) is 19.8. The summed E-state index contributed by atoms with van der Waals surface area (Å²) >= 11 is 1.54. The molecule has 1 N–H and O–H groups in total. The summed E-state index contributed by atoms with van der Waals surface area (Å²) in [7, 11) is 0. The minimum atomic E-state index is -0.290. The van der Waals surface area contributed by atoms with Crippen molar-refractivity contribution in [1.29, 1.82) is 0 Å². The number of thiazole rings is 1. The third kappa shape index (κ3) is 5.84. The van der Waals surface area contributed by atoms with Crippen molar-refractivity contribution < 1.29 is 13.9 Å². The van der Waals surface area contributed by atoms with E-state index in [0.29, 0.717) is 13.2 Å². The Labute approximate surface area is 168 Å². The van der Waals surface area contributed by atoms with E-state index in [4.69, 9.17) is 4.74 Å². The van der Waals surface area contributed by atoms with E-state index in [1.54, 1.807) is 12.1 Å². The molecule has 0 unspecified atom stereocenters. The van der Waals surface area contributed by atoms with Gasteiger partial charge in [-0.05, 0) is 30.5 Å². The second-order valence-corrected chi connectivity index (χ2v) is 7.44. The fourth-order valence-corrected chi connectivity index (χ4v) is 3.74. The lowest BCUT2D eigenvalue weighted by atomic mass is 10.1. The first-order valence-corrected chi connectivity index (χ1v) is 10.4. The second kappa shape index (κ2) is 10.3. The Morgan fingerprint density at radius 1 is 1.32 bits per heavy atom. The number of morpholine rings is 1. The summed E-state index contributed by atoms with van der Waals surface area (Å²) in [5, 5.41) is 7.13. The number of nitrogens with one attached hydrogen (secondary N) is 1. The van der Waals surface area contributed by atoms with Crippen molar-refractivity contribution in [2.24, 2.45) is 5.10 Å². The SMILES string of the molecule is CCCC/C(=N/NC(=O)Cc1csc(N2CCOCC2)n1)c1ccc(F)cc1. The van der Waals surface area contributed by atoms with Gasteiger partial charge < -0.3 is 9.64 Å². The number of hydrogen-bond donors (Lipinski definition) is 1. The third-order valence-electron chi connectivity index (χ3n) is 4.42. The van der Waals surface area contributed by atoms with Gasteiger partial charge in [0.15, 0.2) is 5.13 Å². The van der Waals surface area contributed by atoms with E-state index in [-0.39, 0.29) is 18.1 Å². The van der Waals surface area contributed by atoms with Gasteiger partial charge in [0.2, 0.25) is 5.91 Å². The van der Waals surface area contributed by atoms with E-state index in [1.165, 1.54) is 23.5 Å². The fraction of sp³-hybridized carbons (Fsp3) is 0.450. The van der Waals surface area contributed by atoms with E-state index >= 15 is 0 Å². The maximum Gasteiger partial charge on any atom is 0.246 e. The van der Waals surface area contributed by atoms with E-state index in [0.717, 1.165) is 54.5 Å². The molecule has 0 saturated carbocycles. The molecule has 0 radical (unpaired) electrons. The first-order valence-electron chi connectivity index (χ1n) is 9.54. The normalized spacial score (nSPS) is 14.9. The van der Waals surface area contributed by atoms with Gasteiger partial charge in [0.05, 0.1) is 31.0 Å². The lowest BCUT2D eigenvalue weighted by Gasteiger charge is -2.26. The highest BCUT2D eigenvalue weighted by molar-refractivity contribution is 7.13. The number of ether oxygens (including phenoxy) is 1. The Kier molecular flexibility index (Phi) is 7.50. The van der Waals surface area contributed by atoms with Gasteiger partial charge in [-0.2, -0.15) is 5.10 Å². The summed E-state index contributed by atoms with van der Waals surface area (Å²) < 4.78 is 18.5. The highest BCUT2D eigenvalue weighted by Crippen LogP contribution is 2.21. The number of amides is 1. The predicted octanol–water partition coefficient (Wildman–Crippen LogP) is 3.37. The zero-order valence-electron chi connectivity index (χ0n) is 16.0. The molecule has 1 aliphatic heterocycles. The Bertz CT molecular complexity index is 801. The number of carbonyl (C=O) groups excluding carboxylic acids is 1. The van der Waals surface area contributed by atoms with E-state index < -0.39 is 0 Å². The molecule has 1 aliphatic rings. The first-order chi connectivity index (χ1) is 13.7. The minimum Gasteiger partial charge on any atom is -0.378 e. The minimum absolute atomic E-state index is 0.175. The Morgan fingerprint density at radius 3 is 2.79 bits per heavy atom. The number of unbranched alkanes of at least 4 members (excludes halogenated alkanes) is 1. The molecule has 6 nitrogen and oxygen atoms in total. The molecule has 0 spiro atoms. The molecule has 28 heavy (non-hydrogen) atoms. The van der Waals surface area contributed by atoms with Gasteiger partial charge in [0.1, 0.15) is 5.82 Å². The highest BCUT2D eigenvalue weighted by atomic mass is 32.1. The van der Waals surface area contributed by atoms with Crippen molar-refractivity contribution in [3.8, 4) is 0 Å². The molecule has 0 aliphatic carbocycles. The number of hydrazone groups is 1. The van der Waals surface area contributed by atoms with Crippen LogP contribution in [0.5, 0.6) is 0 Å². The number of benzene rings is 1. The van der Waals surface area contributed by atoms with Crippen LogP contribution in [0, 0.1) is 5.82 Å². The lowest BCUT2D eigenvalue weighted by molar-refractivity contribution is -0.120. The van der Waals surface area contributed by atoms with Gasteiger partial charge in [-0.25, -0.2) is 14.8 Å². The van der Waals surface area contributed by atoms with Crippen LogP contribution >= 0.6 is 11.3 Å². The van der Waals surface area contributed by atoms with Gasteiger partial charge in [0, 0.05) is 18.5 Å². The van der Waals surface area contributed by atoms with Gasteiger partial charge in [-0.3, -0.25) is 4.79 Å².